The third kappa shape index (κ3) is 3.73. The maximum absolute atomic E-state index is 4.72. The van der Waals surface area contributed by atoms with Crippen LogP contribution in [0.15, 0.2) is 30.3 Å². The van der Waals surface area contributed by atoms with Crippen molar-refractivity contribution in [2.45, 2.75) is 58.7 Å². The van der Waals surface area contributed by atoms with E-state index in [1.165, 1.54) is 35.4 Å². The van der Waals surface area contributed by atoms with E-state index in [2.05, 4.69) is 54.2 Å². The van der Waals surface area contributed by atoms with Crippen LogP contribution in [-0.4, -0.2) is 15.8 Å². The van der Waals surface area contributed by atoms with Gasteiger partial charge in [0, 0.05) is 30.4 Å². The van der Waals surface area contributed by atoms with Crippen LogP contribution in [0.5, 0.6) is 0 Å². The Morgan fingerprint density at radius 2 is 1.95 bits per heavy atom. The highest BCUT2D eigenvalue weighted by atomic mass is 15.3. The fourth-order valence-electron chi connectivity index (χ4n) is 2.82. The number of hydrogen-bond acceptors (Lipinski definition) is 2. The summed E-state index contributed by atoms with van der Waals surface area (Å²) in [7, 11) is 0. The van der Waals surface area contributed by atoms with Crippen molar-refractivity contribution >= 4 is 0 Å². The first-order valence-corrected chi connectivity index (χ1v) is 8.04. The van der Waals surface area contributed by atoms with Gasteiger partial charge in [0.15, 0.2) is 0 Å². The quantitative estimate of drug-likeness (QED) is 0.844. The van der Waals surface area contributed by atoms with Crippen LogP contribution in [0.4, 0.5) is 0 Å². The predicted molar refractivity (Wildman–Crippen MR) is 86.3 cm³/mol. The van der Waals surface area contributed by atoms with Gasteiger partial charge in [-0.3, -0.25) is 4.68 Å². The van der Waals surface area contributed by atoms with E-state index in [-0.39, 0.29) is 0 Å². The number of rotatable bonds is 7. The number of nitrogens with one attached hydrogen (secondary N) is 1. The lowest BCUT2D eigenvalue weighted by Gasteiger charge is -2.06. The molecule has 0 saturated heterocycles. The van der Waals surface area contributed by atoms with E-state index >= 15 is 0 Å². The molecule has 21 heavy (non-hydrogen) atoms. The van der Waals surface area contributed by atoms with Crippen LogP contribution < -0.4 is 5.32 Å². The fourth-order valence-corrected chi connectivity index (χ4v) is 2.82. The molecule has 3 heteroatoms. The molecule has 0 radical (unpaired) electrons. The molecule has 3 rings (SSSR count). The zero-order valence-electron chi connectivity index (χ0n) is 13.1. The monoisotopic (exact) mass is 283 g/mol. The van der Waals surface area contributed by atoms with Crippen molar-refractivity contribution in [1.82, 2.24) is 15.1 Å². The van der Waals surface area contributed by atoms with Crippen LogP contribution in [0.1, 0.15) is 41.8 Å². The summed E-state index contributed by atoms with van der Waals surface area (Å²) in [5.41, 5.74) is 5.31. The van der Waals surface area contributed by atoms with Crippen molar-refractivity contribution in [3.05, 3.63) is 52.8 Å². The van der Waals surface area contributed by atoms with Crippen LogP contribution >= 0.6 is 0 Å². The summed E-state index contributed by atoms with van der Waals surface area (Å²) in [4.78, 5) is 0. The van der Waals surface area contributed by atoms with Gasteiger partial charge in [0.05, 0.1) is 5.69 Å². The van der Waals surface area contributed by atoms with Crippen LogP contribution in [0.25, 0.3) is 0 Å². The van der Waals surface area contributed by atoms with E-state index in [0.29, 0.717) is 0 Å². The SMILES string of the molecule is Cc1nn(CCCc2ccccc2)c(C)c1CNC1CC1. The largest absolute Gasteiger partial charge is 0.310 e. The van der Waals surface area contributed by atoms with E-state index in [4.69, 9.17) is 5.10 Å². The summed E-state index contributed by atoms with van der Waals surface area (Å²) >= 11 is 0. The molecule has 2 aromatic rings. The predicted octanol–water partition coefficient (Wildman–Crippen LogP) is 3.38. The van der Waals surface area contributed by atoms with Gasteiger partial charge in [-0.1, -0.05) is 30.3 Å². The average molecular weight is 283 g/mol. The van der Waals surface area contributed by atoms with Crippen molar-refractivity contribution in [3.63, 3.8) is 0 Å². The summed E-state index contributed by atoms with van der Waals surface area (Å²) in [5, 5.41) is 8.31. The van der Waals surface area contributed by atoms with Gasteiger partial charge in [0.1, 0.15) is 0 Å². The maximum atomic E-state index is 4.72. The number of nitrogens with zero attached hydrogens (tertiary/aromatic N) is 2. The highest BCUT2D eigenvalue weighted by Crippen LogP contribution is 2.21. The molecule has 1 aromatic heterocycles. The van der Waals surface area contributed by atoms with Crippen LogP contribution in [-0.2, 0) is 19.5 Å². The average Bonchev–Trinajstić information content (AvgIpc) is 3.27. The second-order valence-corrected chi connectivity index (χ2v) is 6.12. The second kappa shape index (κ2) is 6.44. The van der Waals surface area contributed by atoms with E-state index in [1.807, 2.05) is 0 Å². The highest BCUT2D eigenvalue weighted by Gasteiger charge is 2.21. The zero-order valence-corrected chi connectivity index (χ0v) is 13.1. The lowest BCUT2D eigenvalue weighted by atomic mass is 10.1. The van der Waals surface area contributed by atoms with Crippen molar-refractivity contribution in [2.24, 2.45) is 0 Å². The fraction of sp³-hybridized carbons (Fsp3) is 0.500. The number of aryl methyl sites for hydroxylation is 3. The molecule has 1 N–H and O–H groups in total. The van der Waals surface area contributed by atoms with E-state index < -0.39 is 0 Å². The Morgan fingerprint density at radius 1 is 1.19 bits per heavy atom. The Kier molecular flexibility index (Phi) is 4.39. The van der Waals surface area contributed by atoms with Crippen LogP contribution in [0, 0.1) is 13.8 Å². The first-order chi connectivity index (χ1) is 10.2. The molecule has 1 aromatic carbocycles. The summed E-state index contributed by atoms with van der Waals surface area (Å²) in [5.74, 6) is 0. The van der Waals surface area contributed by atoms with Crippen LogP contribution in [0.2, 0.25) is 0 Å². The molecule has 112 valence electrons. The smallest absolute Gasteiger partial charge is 0.0641 e. The lowest BCUT2D eigenvalue weighted by molar-refractivity contribution is 0.560. The van der Waals surface area contributed by atoms with Crippen molar-refractivity contribution < 1.29 is 0 Å². The summed E-state index contributed by atoms with van der Waals surface area (Å²) in [6.45, 7) is 6.31. The Hall–Kier alpha value is -1.61. The minimum absolute atomic E-state index is 0.755. The minimum Gasteiger partial charge on any atom is -0.310 e. The van der Waals surface area contributed by atoms with Gasteiger partial charge in [0.25, 0.3) is 0 Å². The van der Waals surface area contributed by atoms with E-state index in [1.54, 1.807) is 0 Å². The van der Waals surface area contributed by atoms with Crippen molar-refractivity contribution in [1.29, 1.82) is 0 Å². The second-order valence-electron chi connectivity index (χ2n) is 6.12. The van der Waals surface area contributed by atoms with Gasteiger partial charge in [-0.2, -0.15) is 5.10 Å². The third-order valence-corrected chi connectivity index (χ3v) is 4.35. The van der Waals surface area contributed by atoms with Crippen molar-refractivity contribution in [3.8, 4) is 0 Å². The number of aromatic nitrogens is 2. The Morgan fingerprint density at radius 3 is 2.67 bits per heavy atom. The normalized spacial score (nSPS) is 14.6. The van der Waals surface area contributed by atoms with E-state index in [0.717, 1.165) is 32.0 Å². The molecule has 0 unspecified atom stereocenters. The summed E-state index contributed by atoms with van der Waals surface area (Å²) in [6.07, 6.45) is 4.93. The summed E-state index contributed by atoms with van der Waals surface area (Å²) < 4.78 is 2.18. The molecule has 0 aliphatic heterocycles. The first-order valence-electron chi connectivity index (χ1n) is 8.04. The molecule has 1 aliphatic rings. The molecule has 1 saturated carbocycles. The molecule has 1 fully saturated rings. The summed E-state index contributed by atoms with van der Waals surface area (Å²) in [6, 6.07) is 11.5. The third-order valence-electron chi connectivity index (χ3n) is 4.35. The van der Waals surface area contributed by atoms with Gasteiger partial charge >= 0.3 is 0 Å². The van der Waals surface area contributed by atoms with Crippen molar-refractivity contribution in [2.75, 3.05) is 0 Å². The van der Waals surface area contributed by atoms with Gasteiger partial charge in [-0.05, 0) is 45.1 Å². The van der Waals surface area contributed by atoms with Gasteiger partial charge in [-0.15, -0.1) is 0 Å². The molecule has 0 spiro atoms. The zero-order chi connectivity index (χ0) is 14.7. The topological polar surface area (TPSA) is 29.9 Å². The first kappa shape index (κ1) is 14.3. The minimum atomic E-state index is 0.755. The standard InChI is InChI=1S/C18H25N3/c1-14-18(13-19-17-10-11-17)15(2)21(20-14)12-6-9-16-7-4-3-5-8-16/h3-5,7-8,17,19H,6,9-13H2,1-2H3. The van der Waals surface area contributed by atoms with Crippen LogP contribution in [0.3, 0.4) is 0 Å². The van der Waals surface area contributed by atoms with Gasteiger partial charge in [0.2, 0.25) is 0 Å². The Bertz CT molecular complexity index is 582. The van der Waals surface area contributed by atoms with E-state index in [9.17, 15) is 0 Å². The number of hydrogen-bond donors (Lipinski definition) is 1. The molecular formula is C18H25N3. The lowest BCUT2D eigenvalue weighted by Crippen LogP contribution is -2.16. The molecule has 0 amide bonds. The van der Waals surface area contributed by atoms with Gasteiger partial charge in [-0.25, -0.2) is 0 Å². The highest BCUT2D eigenvalue weighted by molar-refractivity contribution is 5.24. The molecule has 0 bridgehead atoms. The molecule has 1 heterocycles. The maximum Gasteiger partial charge on any atom is 0.0641 e. The Balaban J connectivity index is 1.56. The molecular weight excluding hydrogens is 258 g/mol. The molecule has 1 aliphatic carbocycles. The molecule has 0 atom stereocenters. The van der Waals surface area contributed by atoms with Gasteiger partial charge < -0.3 is 5.32 Å². The molecule has 3 nitrogen and oxygen atoms in total. The Labute approximate surface area is 127 Å². The number of benzene rings is 1.